The number of hydrogen-bond acceptors (Lipinski definition) is 3. The van der Waals surface area contributed by atoms with E-state index in [0.29, 0.717) is 18.9 Å². The minimum atomic E-state index is 0.0770. The van der Waals surface area contributed by atoms with Gasteiger partial charge in [-0.1, -0.05) is 6.92 Å². The van der Waals surface area contributed by atoms with Crippen LogP contribution in [0.2, 0.25) is 0 Å². The summed E-state index contributed by atoms with van der Waals surface area (Å²) in [5.74, 6) is 0.628. The summed E-state index contributed by atoms with van der Waals surface area (Å²) in [6, 6.07) is 0. The Bertz CT molecular complexity index is 199. The zero-order valence-electron chi connectivity index (χ0n) is 8.14. The van der Waals surface area contributed by atoms with E-state index in [-0.39, 0.29) is 5.78 Å². The van der Waals surface area contributed by atoms with Gasteiger partial charge in [0.05, 0.1) is 13.2 Å². The molecule has 0 fully saturated rings. The van der Waals surface area contributed by atoms with Gasteiger partial charge in [-0.05, 0) is 31.9 Å². The van der Waals surface area contributed by atoms with Crippen LogP contribution in [0, 0.1) is 0 Å². The minimum absolute atomic E-state index is 0.0770. The molecule has 0 bridgehead atoms. The lowest BCUT2D eigenvalue weighted by molar-refractivity contribution is -0.118. The van der Waals surface area contributed by atoms with Crippen molar-refractivity contribution in [1.29, 1.82) is 0 Å². The van der Waals surface area contributed by atoms with Crippen LogP contribution >= 0.6 is 0 Å². The topological polar surface area (TPSA) is 38.3 Å². The molecule has 3 nitrogen and oxygen atoms in total. The Morgan fingerprint density at radius 3 is 3.15 bits per heavy atom. The van der Waals surface area contributed by atoms with Crippen LogP contribution in [0.4, 0.5) is 0 Å². The van der Waals surface area contributed by atoms with Gasteiger partial charge >= 0.3 is 0 Å². The van der Waals surface area contributed by atoms with Crippen LogP contribution in [0.3, 0.4) is 0 Å². The maximum Gasteiger partial charge on any atom is 0.210 e. The Labute approximate surface area is 79.2 Å². The second kappa shape index (κ2) is 5.75. The van der Waals surface area contributed by atoms with E-state index >= 15 is 0 Å². The summed E-state index contributed by atoms with van der Waals surface area (Å²) in [7, 11) is 0. The van der Waals surface area contributed by atoms with Crippen molar-refractivity contribution in [2.75, 3.05) is 19.7 Å². The quantitative estimate of drug-likeness (QED) is 0.652. The number of nitrogens with one attached hydrogen (secondary N) is 1. The van der Waals surface area contributed by atoms with E-state index < -0.39 is 0 Å². The van der Waals surface area contributed by atoms with Crippen LogP contribution in [-0.4, -0.2) is 25.5 Å². The predicted octanol–water partition coefficient (Wildman–Crippen LogP) is 1.25. The number of hydrogen-bond donors (Lipinski definition) is 1. The van der Waals surface area contributed by atoms with Gasteiger partial charge in [0.15, 0.2) is 5.76 Å². The van der Waals surface area contributed by atoms with Crippen LogP contribution in [0.5, 0.6) is 0 Å². The van der Waals surface area contributed by atoms with Crippen molar-refractivity contribution < 1.29 is 9.53 Å². The summed E-state index contributed by atoms with van der Waals surface area (Å²) >= 11 is 0. The van der Waals surface area contributed by atoms with Crippen LogP contribution in [0.1, 0.15) is 26.2 Å². The predicted molar refractivity (Wildman–Crippen MR) is 51.4 cm³/mol. The molecule has 0 radical (unpaired) electrons. The average Bonchev–Trinajstić information content (AvgIpc) is 2.19. The monoisotopic (exact) mass is 183 g/mol. The minimum Gasteiger partial charge on any atom is -0.490 e. The van der Waals surface area contributed by atoms with Crippen molar-refractivity contribution in [2.24, 2.45) is 0 Å². The Hall–Kier alpha value is -0.830. The van der Waals surface area contributed by atoms with Crippen molar-refractivity contribution in [3.05, 3.63) is 11.8 Å². The van der Waals surface area contributed by atoms with Crippen LogP contribution in [0.15, 0.2) is 11.8 Å². The summed E-state index contributed by atoms with van der Waals surface area (Å²) < 4.78 is 5.24. The summed E-state index contributed by atoms with van der Waals surface area (Å²) in [5.41, 5.74) is 0. The Kier molecular flexibility index (Phi) is 4.54. The van der Waals surface area contributed by atoms with Gasteiger partial charge in [-0.15, -0.1) is 0 Å². The molecule has 0 saturated heterocycles. The first-order chi connectivity index (χ1) is 6.34. The maximum atomic E-state index is 11.4. The SMILES string of the molecule is CCCNCC(=O)C1=CCCCO1. The van der Waals surface area contributed by atoms with Gasteiger partial charge in [-0.2, -0.15) is 0 Å². The molecule has 13 heavy (non-hydrogen) atoms. The molecule has 0 aromatic carbocycles. The van der Waals surface area contributed by atoms with Crippen molar-refractivity contribution >= 4 is 5.78 Å². The number of rotatable bonds is 5. The van der Waals surface area contributed by atoms with Gasteiger partial charge < -0.3 is 10.1 Å². The van der Waals surface area contributed by atoms with Crippen LogP contribution < -0.4 is 5.32 Å². The third-order valence-corrected chi connectivity index (χ3v) is 1.92. The van der Waals surface area contributed by atoms with E-state index in [1.807, 2.05) is 6.08 Å². The van der Waals surface area contributed by atoms with Gasteiger partial charge in [0.1, 0.15) is 0 Å². The number of ketones is 1. The van der Waals surface area contributed by atoms with E-state index in [1.54, 1.807) is 0 Å². The molecule has 0 atom stereocenters. The normalized spacial score (nSPS) is 16.2. The number of allylic oxidation sites excluding steroid dienone is 1. The lowest BCUT2D eigenvalue weighted by Crippen LogP contribution is -2.26. The Balaban J connectivity index is 2.25. The molecular weight excluding hydrogens is 166 g/mol. The van der Waals surface area contributed by atoms with Gasteiger partial charge in [0, 0.05) is 0 Å². The summed E-state index contributed by atoms with van der Waals surface area (Å²) in [6.07, 6.45) is 4.93. The van der Waals surface area contributed by atoms with E-state index in [1.165, 1.54) is 0 Å². The highest BCUT2D eigenvalue weighted by Gasteiger charge is 2.12. The lowest BCUT2D eigenvalue weighted by Gasteiger charge is -2.13. The molecular formula is C10H17NO2. The second-order valence-electron chi connectivity index (χ2n) is 3.16. The maximum absolute atomic E-state index is 11.4. The second-order valence-corrected chi connectivity index (χ2v) is 3.16. The highest BCUT2D eigenvalue weighted by Crippen LogP contribution is 2.09. The first-order valence-electron chi connectivity index (χ1n) is 4.91. The molecule has 0 unspecified atom stereocenters. The van der Waals surface area contributed by atoms with Gasteiger partial charge in [-0.3, -0.25) is 4.79 Å². The standard InChI is InChI=1S/C10H17NO2/c1-2-6-11-8-9(12)10-5-3-4-7-13-10/h5,11H,2-4,6-8H2,1H3. The molecule has 1 N–H and O–H groups in total. The molecule has 1 rings (SSSR count). The van der Waals surface area contributed by atoms with E-state index in [4.69, 9.17) is 4.74 Å². The zero-order valence-corrected chi connectivity index (χ0v) is 8.14. The molecule has 0 aromatic rings. The van der Waals surface area contributed by atoms with Crippen LogP contribution in [0.25, 0.3) is 0 Å². The fourth-order valence-electron chi connectivity index (χ4n) is 1.22. The molecule has 0 saturated carbocycles. The highest BCUT2D eigenvalue weighted by molar-refractivity contribution is 5.95. The number of carbonyl (C=O) groups is 1. The molecule has 0 aromatic heterocycles. The number of ether oxygens (including phenoxy) is 1. The van der Waals surface area contributed by atoms with Crippen molar-refractivity contribution in [2.45, 2.75) is 26.2 Å². The van der Waals surface area contributed by atoms with E-state index in [0.717, 1.165) is 25.8 Å². The van der Waals surface area contributed by atoms with E-state index in [2.05, 4.69) is 12.2 Å². The lowest BCUT2D eigenvalue weighted by atomic mass is 10.2. The number of Topliss-reactive ketones (excluding diaryl/α,β-unsaturated/α-hetero) is 1. The molecule has 0 aliphatic carbocycles. The third-order valence-electron chi connectivity index (χ3n) is 1.92. The highest BCUT2D eigenvalue weighted by atomic mass is 16.5. The molecule has 1 heterocycles. The first kappa shape index (κ1) is 10.3. The summed E-state index contributed by atoms with van der Waals surface area (Å²) in [6.45, 7) is 4.05. The Morgan fingerprint density at radius 1 is 1.69 bits per heavy atom. The summed E-state index contributed by atoms with van der Waals surface area (Å²) in [4.78, 5) is 11.4. The number of carbonyl (C=O) groups excluding carboxylic acids is 1. The fourth-order valence-corrected chi connectivity index (χ4v) is 1.22. The smallest absolute Gasteiger partial charge is 0.210 e. The third kappa shape index (κ3) is 3.59. The molecule has 0 amide bonds. The zero-order chi connectivity index (χ0) is 9.52. The largest absolute Gasteiger partial charge is 0.490 e. The molecule has 74 valence electrons. The van der Waals surface area contributed by atoms with Crippen molar-refractivity contribution in [3.8, 4) is 0 Å². The van der Waals surface area contributed by atoms with Crippen molar-refractivity contribution in [3.63, 3.8) is 0 Å². The molecule has 1 aliphatic rings. The van der Waals surface area contributed by atoms with Gasteiger partial charge in [0.25, 0.3) is 0 Å². The van der Waals surface area contributed by atoms with Gasteiger partial charge in [0.2, 0.25) is 5.78 Å². The van der Waals surface area contributed by atoms with E-state index in [9.17, 15) is 4.79 Å². The fraction of sp³-hybridized carbons (Fsp3) is 0.700. The molecule has 1 aliphatic heterocycles. The molecule has 0 spiro atoms. The summed E-state index contributed by atoms with van der Waals surface area (Å²) in [5, 5.41) is 3.06. The van der Waals surface area contributed by atoms with Crippen molar-refractivity contribution in [1.82, 2.24) is 5.32 Å². The molecule has 3 heteroatoms. The van der Waals surface area contributed by atoms with Crippen LogP contribution in [-0.2, 0) is 9.53 Å². The first-order valence-corrected chi connectivity index (χ1v) is 4.91. The average molecular weight is 183 g/mol. The van der Waals surface area contributed by atoms with Gasteiger partial charge in [-0.25, -0.2) is 0 Å². The Morgan fingerprint density at radius 2 is 2.54 bits per heavy atom.